The molecule has 5 nitrogen and oxygen atoms in total. The fraction of sp³-hybridized carbons (Fsp3) is 0.444. The third kappa shape index (κ3) is 5.24. The van der Waals surface area contributed by atoms with Gasteiger partial charge in [-0.3, -0.25) is 20.4 Å². The first kappa shape index (κ1) is 19.8. The maximum absolute atomic E-state index is 12.5. The van der Waals surface area contributed by atoms with Crippen LogP contribution < -0.4 is 10.9 Å². The minimum atomic E-state index is -4.41. The normalized spacial score (nSPS) is 17.1. The van der Waals surface area contributed by atoms with E-state index < -0.39 is 17.6 Å². The van der Waals surface area contributed by atoms with Gasteiger partial charge in [-0.25, -0.2) is 0 Å². The minimum absolute atomic E-state index is 0.125. The molecule has 1 aromatic rings. The molecule has 1 amide bonds. The van der Waals surface area contributed by atoms with Crippen molar-refractivity contribution in [2.45, 2.75) is 39.8 Å². The Bertz CT molecular complexity index is 722. The highest BCUT2D eigenvalue weighted by atomic mass is 19.4. The molecule has 8 heteroatoms. The number of anilines is 1. The Balaban J connectivity index is 1.85. The number of nitrogens with one attached hydrogen (secondary N) is 2. The molecule has 0 heterocycles. The van der Waals surface area contributed by atoms with Crippen LogP contribution in [0.4, 0.5) is 18.9 Å². The zero-order valence-electron chi connectivity index (χ0n) is 14.8. The van der Waals surface area contributed by atoms with E-state index in [1.807, 2.05) is 13.8 Å². The molecule has 0 saturated heterocycles. The standard InChI is InChI=1S/C18H21F3N2O3/c1-11-8-17(2,3)9-14(24)16(11)26-10-15(25)23-22-13-6-4-12(5-7-13)18(19,20)21/h4-7,22H,8-10H2,1-3H3,(H,23,25). The first-order valence-corrected chi connectivity index (χ1v) is 8.06. The largest absolute Gasteiger partial charge is 0.480 e. The summed E-state index contributed by atoms with van der Waals surface area (Å²) in [5.41, 5.74) is 5.00. The first-order chi connectivity index (χ1) is 12.0. The van der Waals surface area contributed by atoms with E-state index in [1.165, 1.54) is 12.1 Å². The quantitative estimate of drug-likeness (QED) is 0.773. The molecule has 0 unspecified atom stereocenters. The van der Waals surface area contributed by atoms with Crippen molar-refractivity contribution in [3.8, 4) is 0 Å². The minimum Gasteiger partial charge on any atom is -0.480 e. The number of carbonyl (C=O) groups is 2. The van der Waals surface area contributed by atoms with Crippen molar-refractivity contribution in [1.82, 2.24) is 5.43 Å². The Morgan fingerprint density at radius 2 is 1.81 bits per heavy atom. The van der Waals surface area contributed by atoms with Crippen molar-refractivity contribution in [1.29, 1.82) is 0 Å². The molecule has 0 bridgehead atoms. The van der Waals surface area contributed by atoms with Gasteiger partial charge in [0, 0.05) is 6.42 Å². The molecule has 142 valence electrons. The number of hydrogen-bond acceptors (Lipinski definition) is 4. The van der Waals surface area contributed by atoms with Crippen LogP contribution in [0, 0.1) is 5.41 Å². The average molecular weight is 370 g/mol. The lowest BCUT2D eigenvalue weighted by molar-refractivity contribution is -0.137. The van der Waals surface area contributed by atoms with Crippen molar-refractivity contribution < 1.29 is 27.5 Å². The van der Waals surface area contributed by atoms with Gasteiger partial charge in [0.15, 0.2) is 18.1 Å². The number of Topliss-reactive ketones (excluding diaryl/α,β-unsaturated/α-hetero) is 1. The summed E-state index contributed by atoms with van der Waals surface area (Å²) in [4.78, 5) is 23.9. The molecule has 0 spiro atoms. The van der Waals surface area contributed by atoms with Gasteiger partial charge in [0.05, 0.1) is 11.3 Å². The second kappa shape index (κ2) is 7.39. The summed E-state index contributed by atoms with van der Waals surface area (Å²) in [6, 6.07) is 4.20. The molecular formula is C18H21F3N2O3. The number of hydrogen-bond donors (Lipinski definition) is 2. The number of allylic oxidation sites excluding steroid dienone is 2. The number of halogens is 3. The van der Waals surface area contributed by atoms with Crippen LogP contribution >= 0.6 is 0 Å². The van der Waals surface area contributed by atoms with Crippen LogP contribution in [0.1, 0.15) is 39.2 Å². The zero-order valence-corrected chi connectivity index (χ0v) is 14.8. The summed E-state index contributed by atoms with van der Waals surface area (Å²) in [6.07, 6.45) is -3.35. The third-order valence-electron chi connectivity index (χ3n) is 3.93. The Labute approximate surface area is 149 Å². The first-order valence-electron chi connectivity index (χ1n) is 8.06. The zero-order chi connectivity index (χ0) is 19.5. The molecule has 0 atom stereocenters. The van der Waals surface area contributed by atoms with E-state index in [-0.39, 0.29) is 29.3 Å². The molecule has 0 aromatic heterocycles. The molecule has 0 fully saturated rings. The number of alkyl halides is 3. The third-order valence-corrected chi connectivity index (χ3v) is 3.93. The van der Waals surface area contributed by atoms with Crippen molar-refractivity contribution in [3.63, 3.8) is 0 Å². The Kier molecular flexibility index (Phi) is 5.63. The molecule has 2 N–H and O–H groups in total. The predicted molar refractivity (Wildman–Crippen MR) is 89.9 cm³/mol. The maximum atomic E-state index is 12.5. The molecule has 1 aliphatic carbocycles. The number of amides is 1. The SMILES string of the molecule is CC1=C(OCC(=O)NNc2ccc(C(F)(F)F)cc2)C(=O)CC(C)(C)C1. The summed E-state index contributed by atoms with van der Waals surface area (Å²) >= 11 is 0. The van der Waals surface area contributed by atoms with Crippen molar-refractivity contribution in [2.75, 3.05) is 12.0 Å². The average Bonchev–Trinajstić information content (AvgIpc) is 2.50. The monoisotopic (exact) mass is 370 g/mol. The van der Waals surface area contributed by atoms with Gasteiger partial charge in [0.2, 0.25) is 0 Å². The van der Waals surface area contributed by atoms with E-state index in [0.717, 1.165) is 17.7 Å². The molecular weight excluding hydrogens is 349 g/mol. The van der Waals surface area contributed by atoms with E-state index in [2.05, 4.69) is 10.9 Å². The van der Waals surface area contributed by atoms with Crippen LogP contribution in [-0.4, -0.2) is 18.3 Å². The topological polar surface area (TPSA) is 67.4 Å². The van der Waals surface area contributed by atoms with Crippen LogP contribution in [0.15, 0.2) is 35.6 Å². The lowest BCUT2D eigenvalue weighted by atomic mass is 9.76. The lowest BCUT2D eigenvalue weighted by Crippen LogP contribution is -2.34. The molecule has 0 radical (unpaired) electrons. The molecule has 0 saturated carbocycles. The number of ketones is 1. The Morgan fingerprint density at radius 1 is 1.19 bits per heavy atom. The van der Waals surface area contributed by atoms with E-state index in [0.29, 0.717) is 12.8 Å². The summed E-state index contributed by atoms with van der Waals surface area (Å²) in [5, 5.41) is 0. The van der Waals surface area contributed by atoms with E-state index in [4.69, 9.17) is 4.74 Å². The van der Waals surface area contributed by atoms with Gasteiger partial charge >= 0.3 is 6.18 Å². The van der Waals surface area contributed by atoms with E-state index >= 15 is 0 Å². The fourth-order valence-corrected chi connectivity index (χ4v) is 2.88. The van der Waals surface area contributed by atoms with Crippen LogP contribution in [0.2, 0.25) is 0 Å². The lowest BCUT2D eigenvalue weighted by Gasteiger charge is -2.30. The van der Waals surface area contributed by atoms with Gasteiger partial charge in [0.25, 0.3) is 5.91 Å². The molecule has 2 rings (SSSR count). The molecule has 26 heavy (non-hydrogen) atoms. The van der Waals surface area contributed by atoms with E-state index in [1.54, 1.807) is 6.92 Å². The van der Waals surface area contributed by atoms with Crippen LogP contribution in [0.3, 0.4) is 0 Å². The van der Waals surface area contributed by atoms with Gasteiger partial charge in [0.1, 0.15) is 0 Å². The Hall–Kier alpha value is -2.51. The summed E-state index contributed by atoms with van der Waals surface area (Å²) < 4.78 is 42.8. The number of ether oxygens (including phenoxy) is 1. The highest BCUT2D eigenvalue weighted by molar-refractivity contribution is 5.96. The van der Waals surface area contributed by atoms with E-state index in [9.17, 15) is 22.8 Å². The number of carbonyl (C=O) groups excluding carboxylic acids is 2. The summed E-state index contributed by atoms with van der Waals surface area (Å²) in [5.74, 6) is -0.473. The van der Waals surface area contributed by atoms with Gasteiger partial charge in [-0.2, -0.15) is 13.2 Å². The van der Waals surface area contributed by atoms with Crippen LogP contribution in [0.5, 0.6) is 0 Å². The second-order valence-electron chi connectivity index (χ2n) is 7.09. The summed E-state index contributed by atoms with van der Waals surface area (Å²) in [7, 11) is 0. The van der Waals surface area contributed by atoms with Gasteiger partial charge in [-0.05, 0) is 48.6 Å². The van der Waals surface area contributed by atoms with Crippen molar-refractivity contribution in [2.24, 2.45) is 5.41 Å². The van der Waals surface area contributed by atoms with Crippen LogP contribution in [0.25, 0.3) is 0 Å². The number of rotatable bonds is 5. The second-order valence-corrected chi connectivity index (χ2v) is 7.09. The smallest absolute Gasteiger partial charge is 0.416 e. The van der Waals surface area contributed by atoms with Crippen molar-refractivity contribution in [3.05, 3.63) is 41.2 Å². The predicted octanol–water partition coefficient (Wildman–Crippen LogP) is 3.83. The van der Waals surface area contributed by atoms with Crippen molar-refractivity contribution >= 4 is 17.4 Å². The fourth-order valence-electron chi connectivity index (χ4n) is 2.88. The molecule has 1 aromatic carbocycles. The summed E-state index contributed by atoms with van der Waals surface area (Å²) in [6.45, 7) is 5.41. The molecule has 0 aliphatic heterocycles. The number of hydrazine groups is 1. The van der Waals surface area contributed by atoms with Crippen LogP contribution in [-0.2, 0) is 20.5 Å². The maximum Gasteiger partial charge on any atom is 0.416 e. The van der Waals surface area contributed by atoms with Gasteiger partial charge < -0.3 is 4.74 Å². The highest BCUT2D eigenvalue weighted by Crippen LogP contribution is 2.36. The number of benzene rings is 1. The van der Waals surface area contributed by atoms with Gasteiger partial charge in [-0.1, -0.05) is 13.8 Å². The highest BCUT2D eigenvalue weighted by Gasteiger charge is 2.32. The Morgan fingerprint density at radius 3 is 2.35 bits per heavy atom. The van der Waals surface area contributed by atoms with Gasteiger partial charge in [-0.15, -0.1) is 0 Å². The molecule has 1 aliphatic rings.